The Balaban J connectivity index is 0.00000225. The van der Waals surface area contributed by atoms with Crippen molar-refractivity contribution in [2.45, 2.75) is 18.9 Å². The molecule has 144 valence electrons. The summed E-state index contributed by atoms with van der Waals surface area (Å²) in [6, 6.07) is 5.68. The summed E-state index contributed by atoms with van der Waals surface area (Å²) in [5, 5.41) is 13.2. The molecule has 8 nitrogen and oxygen atoms in total. The van der Waals surface area contributed by atoms with Crippen LogP contribution >= 0.6 is 12.4 Å². The second kappa shape index (κ2) is 8.25. The number of amides is 1. The molecule has 1 atom stereocenters. The van der Waals surface area contributed by atoms with E-state index in [0.717, 1.165) is 30.5 Å². The fourth-order valence-corrected chi connectivity index (χ4v) is 3.49. The molecule has 1 saturated heterocycles. The molecule has 3 aromatic heterocycles. The van der Waals surface area contributed by atoms with E-state index < -0.39 is 0 Å². The van der Waals surface area contributed by atoms with Crippen LogP contribution in [-0.2, 0) is 0 Å². The summed E-state index contributed by atoms with van der Waals surface area (Å²) in [5.41, 5.74) is 9.03. The van der Waals surface area contributed by atoms with Crippen molar-refractivity contribution < 1.29 is 4.79 Å². The standard InChI is InChI=1S/C19H19N7O.ClH/c20-7-13-9-23-18-16(17(13)26-6-2-4-14(21)11-26)15(10-24-18)25-19(27)12-3-1-5-22-8-12;/h1,3,5,8-10,14H,2,4,6,11,21H2,(H,23,24)(H,25,27);1H. The van der Waals surface area contributed by atoms with E-state index in [1.165, 1.54) is 6.20 Å². The average Bonchev–Trinajstić information content (AvgIpc) is 3.10. The highest BCUT2D eigenvalue weighted by molar-refractivity contribution is 6.11. The van der Waals surface area contributed by atoms with E-state index in [1.807, 2.05) is 0 Å². The largest absolute Gasteiger partial charge is 0.368 e. The molecule has 4 heterocycles. The molecule has 1 fully saturated rings. The van der Waals surface area contributed by atoms with E-state index in [0.29, 0.717) is 29.0 Å². The third kappa shape index (κ3) is 3.63. The van der Waals surface area contributed by atoms with E-state index in [9.17, 15) is 10.1 Å². The molecule has 0 spiro atoms. The molecule has 1 aliphatic heterocycles. The third-order valence-corrected chi connectivity index (χ3v) is 4.74. The Morgan fingerprint density at radius 2 is 2.29 bits per heavy atom. The second-order valence-corrected chi connectivity index (χ2v) is 6.60. The van der Waals surface area contributed by atoms with Gasteiger partial charge in [0.05, 0.1) is 27.9 Å². The summed E-state index contributed by atoms with van der Waals surface area (Å²) < 4.78 is 0. The number of halogens is 1. The van der Waals surface area contributed by atoms with Crippen LogP contribution in [0.3, 0.4) is 0 Å². The smallest absolute Gasteiger partial charge is 0.257 e. The highest BCUT2D eigenvalue weighted by Gasteiger charge is 2.24. The van der Waals surface area contributed by atoms with E-state index in [1.54, 1.807) is 30.7 Å². The van der Waals surface area contributed by atoms with Crippen LogP contribution in [0, 0.1) is 11.3 Å². The number of pyridine rings is 2. The highest BCUT2D eigenvalue weighted by atomic mass is 35.5. The Morgan fingerprint density at radius 3 is 3.00 bits per heavy atom. The van der Waals surface area contributed by atoms with Crippen LogP contribution in [-0.4, -0.2) is 40.0 Å². The molecule has 0 bridgehead atoms. The molecule has 0 radical (unpaired) electrons. The summed E-state index contributed by atoms with van der Waals surface area (Å²) in [5.74, 6) is -0.271. The highest BCUT2D eigenvalue weighted by Crippen LogP contribution is 2.36. The zero-order valence-corrected chi connectivity index (χ0v) is 15.9. The number of carbonyl (C=O) groups excluding carboxylic acids is 1. The van der Waals surface area contributed by atoms with Gasteiger partial charge in [0.25, 0.3) is 5.91 Å². The minimum absolute atomic E-state index is 0. The molecule has 4 rings (SSSR count). The van der Waals surface area contributed by atoms with Crippen molar-refractivity contribution in [1.29, 1.82) is 5.26 Å². The van der Waals surface area contributed by atoms with Crippen LogP contribution in [0.5, 0.6) is 0 Å². The number of aromatic nitrogens is 3. The lowest BCUT2D eigenvalue weighted by molar-refractivity contribution is 0.102. The van der Waals surface area contributed by atoms with Crippen molar-refractivity contribution in [2.75, 3.05) is 23.3 Å². The van der Waals surface area contributed by atoms with Gasteiger partial charge in [-0.05, 0) is 25.0 Å². The molecule has 9 heteroatoms. The van der Waals surface area contributed by atoms with Gasteiger partial charge in [0, 0.05) is 43.9 Å². The van der Waals surface area contributed by atoms with Crippen molar-refractivity contribution >= 4 is 40.7 Å². The summed E-state index contributed by atoms with van der Waals surface area (Å²) in [6.07, 6.45) is 8.29. The first-order valence-corrected chi connectivity index (χ1v) is 8.79. The van der Waals surface area contributed by atoms with E-state index in [2.05, 4.69) is 31.2 Å². The number of hydrogen-bond donors (Lipinski definition) is 3. The fraction of sp³-hybridized carbons (Fsp3) is 0.263. The number of nitrogens with two attached hydrogens (primary N) is 1. The first kappa shape index (κ1) is 19.6. The van der Waals surface area contributed by atoms with Gasteiger partial charge in [0.15, 0.2) is 0 Å². The lowest BCUT2D eigenvalue weighted by atomic mass is 10.0. The van der Waals surface area contributed by atoms with Gasteiger partial charge in [0.2, 0.25) is 0 Å². The van der Waals surface area contributed by atoms with Crippen LogP contribution in [0.2, 0.25) is 0 Å². The first-order chi connectivity index (χ1) is 13.2. The summed E-state index contributed by atoms with van der Waals surface area (Å²) in [4.78, 5) is 26.1. The number of nitriles is 1. The predicted molar refractivity (Wildman–Crippen MR) is 110 cm³/mol. The van der Waals surface area contributed by atoms with Crippen molar-refractivity contribution in [2.24, 2.45) is 5.73 Å². The summed E-state index contributed by atoms with van der Waals surface area (Å²) >= 11 is 0. The van der Waals surface area contributed by atoms with E-state index in [4.69, 9.17) is 5.73 Å². The normalized spacial score (nSPS) is 16.3. The number of nitrogens with one attached hydrogen (secondary N) is 2. The van der Waals surface area contributed by atoms with Crippen LogP contribution < -0.4 is 16.0 Å². The van der Waals surface area contributed by atoms with Gasteiger partial charge in [-0.15, -0.1) is 12.4 Å². The minimum atomic E-state index is -0.271. The van der Waals surface area contributed by atoms with Crippen LogP contribution in [0.4, 0.5) is 11.4 Å². The van der Waals surface area contributed by atoms with Gasteiger partial charge in [-0.3, -0.25) is 9.78 Å². The molecule has 28 heavy (non-hydrogen) atoms. The SMILES string of the molecule is Cl.N#Cc1cnc2[nH]cc(NC(=O)c3cccnc3)c2c1N1CCCC(N)C1. The molecule has 1 aliphatic rings. The molecule has 0 saturated carbocycles. The van der Waals surface area contributed by atoms with Crippen LogP contribution in [0.25, 0.3) is 11.0 Å². The van der Waals surface area contributed by atoms with Crippen LogP contribution in [0.1, 0.15) is 28.8 Å². The Morgan fingerprint density at radius 1 is 1.43 bits per heavy atom. The quantitative estimate of drug-likeness (QED) is 0.623. The number of aromatic amines is 1. The number of piperidine rings is 1. The van der Waals surface area contributed by atoms with Crippen molar-refractivity contribution in [1.82, 2.24) is 15.0 Å². The lowest BCUT2D eigenvalue weighted by Crippen LogP contribution is -2.43. The van der Waals surface area contributed by atoms with Crippen LogP contribution in [0.15, 0.2) is 36.9 Å². The fourth-order valence-electron chi connectivity index (χ4n) is 3.49. The maximum atomic E-state index is 12.6. The van der Waals surface area contributed by atoms with Crippen molar-refractivity contribution in [3.63, 3.8) is 0 Å². The number of rotatable bonds is 3. The molecule has 0 aliphatic carbocycles. The monoisotopic (exact) mass is 397 g/mol. The Labute approximate surface area is 168 Å². The zero-order valence-electron chi connectivity index (χ0n) is 15.1. The zero-order chi connectivity index (χ0) is 18.8. The minimum Gasteiger partial charge on any atom is -0.368 e. The number of carbonyl (C=O) groups is 1. The van der Waals surface area contributed by atoms with Gasteiger partial charge in [-0.25, -0.2) is 4.98 Å². The number of nitrogens with zero attached hydrogens (tertiary/aromatic N) is 4. The summed E-state index contributed by atoms with van der Waals surface area (Å²) in [6.45, 7) is 1.47. The van der Waals surface area contributed by atoms with Gasteiger partial charge in [-0.1, -0.05) is 0 Å². The van der Waals surface area contributed by atoms with E-state index >= 15 is 0 Å². The predicted octanol–water partition coefficient (Wildman–Crippen LogP) is 2.43. The maximum absolute atomic E-state index is 12.6. The second-order valence-electron chi connectivity index (χ2n) is 6.60. The third-order valence-electron chi connectivity index (χ3n) is 4.74. The summed E-state index contributed by atoms with van der Waals surface area (Å²) in [7, 11) is 0. The maximum Gasteiger partial charge on any atom is 0.257 e. The van der Waals surface area contributed by atoms with Gasteiger partial charge >= 0.3 is 0 Å². The molecule has 4 N–H and O–H groups in total. The number of hydrogen-bond acceptors (Lipinski definition) is 6. The Bertz CT molecular complexity index is 1030. The van der Waals surface area contributed by atoms with Crippen molar-refractivity contribution in [3.8, 4) is 6.07 Å². The number of anilines is 2. The molecular weight excluding hydrogens is 378 g/mol. The molecule has 3 aromatic rings. The molecule has 1 unspecified atom stereocenters. The van der Waals surface area contributed by atoms with Gasteiger partial charge in [0.1, 0.15) is 11.7 Å². The first-order valence-electron chi connectivity index (χ1n) is 8.79. The molecule has 1 amide bonds. The van der Waals surface area contributed by atoms with Gasteiger partial charge in [-0.2, -0.15) is 5.26 Å². The van der Waals surface area contributed by atoms with Gasteiger partial charge < -0.3 is 20.9 Å². The Kier molecular flexibility index (Phi) is 5.78. The number of H-pyrrole nitrogens is 1. The molecule has 0 aromatic carbocycles. The van der Waals surface area contributed by atoms with Crippen molar-refractivity contribution in [3.05, 3.63) is 48.0 Å². The lowest BCUT2D eigenvalue weighted by Gasteiger charge is -2.33. The number of fused-ring (bicyclic) bond motifs is 1. The topological polar surface area (TPSA) is 124 Å². The average molecular weight is 398 g/mol. The Hall–Kier alpha value is -3.15. The molecular formula is C19H20ClN7O. The van der Waals surface area contributed by atoms with E-state index in [-0.39, 0.29) is 24.4 Å².